The number of nitrogen functional groups attached to an aromatic ring is 1. The molecular weight excluding hydrogens is 280 g/mol. The predicted molar refractivity (Wildman–Crippen MR) is 76.5 cm³/mol. The number of hydrogen-bond acceptors (Lipinski definition) is 5. The van der Waals surface area contributed by atoms with Crippen molar-refractivity contribution >= 4 is 15.7 Å². The van der Waals surface area contributed by atoms with Crippen molar-refractivity contribution in [3.63, 3.8) is 0 Å². The van der Waals surface area contributed by atoms with Gasteiger partial charge in [-0.2, -0.15) is 0 Å². The summed E-state index contributed by atoms with van der Waals surface area (Å²) in [5.41, 5.74) is 5.80. The van der Waals surface area contributed by atoms with Gasteiger partial charge in [0.15, 0.2) is 0 Å². The number of sulfonamides is 1. The van der Waals surface area contributed by atoms with Gasteiger partial charge >= 0.3 is 0 Å². The van der Waals surface area contributed by atoms with E-state index in [1.54, 1.807) is 24.3 Å². The molecule has 1 heterocycles. The van der Waals surface area contributed by atoms with Crippen molar-refractivity contribution in [2.75, 3.05) is 25.5 Å². The SMILES string of the molecule is Nc1ccc(CS(=O)(=O)NCC2(O)CCOCC2)cc1. The maximum Gasteiger partial charge on any atom is 0.215 e. The van der Waals surface area contributed by atoms with Crippen LogP contribution in [-0.4, -0.2) is 38.9 Å². The van der Waals surface area contributed by atoms with E-state index in [1.165, 1.54) is 0 Å². The molecule has 0 bridgehead atoms. The van der Waals surface area contributed by atoms with Crippen LogP contribution in [0, 0.1) is 0 Å². The third-order valence-corrected chi connectivity index (χ3v) is 4.68. The minimum atomic E-state index is -3.48. The maximum absolute atomic E-state index is 12.0. The Morgan fingerprint density at radius 3 is 2.45 bits per heavy atom. The topological polar surface area (TPSA) is 102 Å². The maximum atomic E-state index is 12.0. The number of hydrogen-bond donors (Lipinski definition) is 3. The normalized spacial score (nSPS) is 18.9. The van der Waals surface area contributed by atoms with E-state index >= 15 is 0 Å². The van der Waals surface area contributed by atoms with Crippen LogP contribution in [0.25, 0.3) is 0 Å². The van der Waals surface area contributed by atoms with Gasteiger partial charge in [0.1, 0.15) is 0 Å². The second-order valence-corrected chi connectivity index (χ2v) is 6.97. The number of ether oxygens (including phenoxy) is 1. The number of nitrogens with two attached hydrogens (primary N) is 1. The predicted octanol–water partition coefficient (Wildman–Crippen LogP) is 0.230. The zero-order chi connectivity index (χ0) is 14.6. The molecule has 0 amide bonds. The Bertz CT molecular complexity index is 536. The molecule has 20 heavy (non-hydrogen) atoms. The van der Waals surface area contributed by atoms with Crippen LogP contribution in [0.15, 0.2) is 24.3 Å². The average molecular weight is 300 g/mol. The smallest absolute Gasteiger partial charge is 0.215 e. The van der Waals surface area contributed by atoms with Gasteiger partial charge in [0.05, 0.1) is 11.4 Å². The highest BCUT2D eigenvalue weighted by molar-refractivity contribution is 7.88. The largest absolute Gasteiger partial charge is 0.399 e. The minimum Gasteiger partial charge on any atom is -0.399 e. The Morgan fingerprint density at radius 2 is 1.85 bits per heavy atom. The molecule has 1 aromatic carbocycles. The van der Waals surface area contributed by atoms with Crippen LogP contribution in [0.2, 0.25) is 0 Å². The van der Waals surface area contributed by atoms with Crippen molar-refractivity contribution in [2.45, 2.75) is 24.2 Å². The molecule has 0 unspecified atom stereocenters. The van der Waals surface area contributed by atoms with E-state index in [0.29, 0.717) is 37.3 Å². The van der Waals surface area contributed by atoms with Crippen LogP contribution in [0.4, 0.5) is 5.69 Å². The average Bonchev–Trinajstić information content (AvgIpc) is 2.40. The fraction of sp³-hybridized carbons (Fsp3) is 0.538. The van der Waals surface area contributed by atoms with Gasteiger partial charge in [0.25, 0.3) is 0 Å². The minimum absolute atomic E-state index is 0.0215. The van der Waals surface area contributed by atoms with E-state index in [2.05, 4.69) is 4.72 Å². The summed E-state index contributed by atoms with van der Waals surface area (Å²) in [6.45, 7) is 0.931. The first-order chi connectivity index (χ1) is 9.39. The van der Waals surface area contributed by atoms with Crippen LogP contribution < -0.4 is 10.5 Å². The Kier molecular flexibility index (Phi) is 4.64. The molecule has 6 nitrogen and oxygen atoms in total. The van der Waals surface area contributed by atoms with Crippen molar-refractivity contribution < 1.29 is 18.3 Å². The van der Waals surface area contributed by atoms with E-state index < -0.39 is 15.6 Å². The van der Waals surface area contributed by atoms with E-state index in [0.717, 1.165) is 0 Å². The summed E-state index contributed by atoms with van der Waals surface area (Å²) in [6.07, 6.45) is 0.884. The van der Waals surface area contributed by atoms with E-state index in [9.17, 15) is 13.5 Å². The summed E-state index contributed by atoms with van der Waals surface area (Å²) in [6, 6.07) is 6.68. The summed E-state index contributed by atoms with van der Waals surface area (Å²) in [4.78, 5) is 0. The molecule has 1 aromatic rings. The Morgan fingerprint density at radius 1 is 1.25 bits per heavy atom. The lowest BCUT2D eigenvalue weighted by Crippen LogP contribution is -2.46. The van der Waals surface area contributed by atoms with E-state index in [1.807, 2.05) is 0 Å². The quantitative estimate of drug-likeness (QED) is 0.676. The number of nitrogens with one attached hydrogen (secondary N) is 1. The monoisotopic (exact) mass is 300 g/mol. The van der Waals surface area contributed by atoms with E-state index in [-0.39, 0.29) is 12.3 Å². The van der Waals surface area contributed by atoms with Crippen LogP contribution >= 0.6 is 0 Å². The van der Waals surface area contributed by atoms with Gasteiger partial charge in [-0.3, -0.25) is 0 Å². The van der Waals surface area contributed by atoms with Gasteiger partial charge in [0, 0.05) is 38.3 Å². The third-order valence-electron chi connectivity index (χ3n) is 3.38. The first-order valence-electron chi connectivity index (χ1n) is 6.50. The number of rotatable bonds is 5. The molecule has 0 spiro atoms. The van der Waals surface area contributed by atoms with Crippen molar-refractivity contribution in [2.24, 2.45) is 0 Å². The summed E-state index contributed by atoms with van der Waals surface area (Å²) in [5.74, 6) is -0.125. The van der Waals surface area contributed by atoms with Gasteiger partial charge in [-0.15, -0.1) is 0 Å². The van der Waals surface area contributed by atoms with Crippen LogP contribution in [0.5, 0.6) is 0 Å². The van der Waals surface area contributed by atoms with E-state index in [4.69, 9.17) is 10.5 Å². The highest BCUT2D eigenvalue weighted by atomic mass is 32.2. The molecule has 7 heteroatoms. The zero-order valence-corrected chi connectivity index (χ0v) is 12.0. The molecule has 0 aromatic heterocycles. The molecule has 2 rings (SSSR count). The summed E-state index contributed by atoms with van der Waals surface area (Å²) in [5, 5.41) is 10.2. The van der Waals surface area contributed by atoms with Gasteiger partial charge in [-0.05, 0) is 17.7 Å². The number of anilines is 1. The van der Waals surface area contributed by atoms with Crippen molar-refractivity contribution in [3.05, 3.63) is 29.8 Å². The summed E-state index contributed by atoms with van der Waals surface area (Å²) in [7, 11) is -3.48. The number of aliphatic hydroxyl groups is 1. The molecule has 0 radical (unpaired) electrons. The molecule has 4 N–H and O–H groups in total. The Balaban J connectivity index is 1.92. The third kappa shape index (κ3) is 4.45. The van der Waals surface area contributed by atoms with Gasteiger partial charge in [-0.1, -0.05) is 12.1 Å². The fourth-order valence-corrected chi connectivity index (χ4v) is 3.28. The van der Waals surface area contributed by atoms with Crippen LogP contribution in [-0.2, 0) is 20.5 Å². The lowest BCUT2D eigenvalue weighted by atomic mass is 9.95. The lowest BCUT2D eigenvalue weighted by Gasteiger charge is -2.31. The van der Waals surface area contributed by atoms with Gasteiger partial charge < -0.3 is 15.6 Å². The van der Waals surface area contributed by atoms with Crippen LogP contribution in [0.1, 0.15) is 18.4 Å². The first kappa shape index (κ1) is 15.2. The molecule has 1 aliphatic heterocycles. The standard InChI is InChI=1S/C13H20N2O4S/c14-12-3-1-11(2-4-12)9-20(17,18)15-10-13(16)5-7-19-8-6-13/h1-4,15-16H,5-10,14H2. The Hall–Kier alpha value is -1.15. The van der Waals surface area contributed by atoms with Gasteiger partial charge in [-0.25, -0.2) is 13.1 Å². The van der Waals surface area contributed by atoms with Crippen molar-refractivity contribution in [3.8, 4) is 0 Å². The molecule has 0 aliphatic carbocycles. The van der Waals surface area contributed by atoms with Gasteiger partial charge in [0.2, 0.25) is 10.0 Å². The zero-order valence-electron chi connectivity index (χ0n) is 11.2. The van der Waals surface area contributed by atoms with Crippen molar-refractivity contribution in [1.82, 2.24) is 4.72 Å². The summed E-state index contributed by atoms with van der Waals surface area (Å²) >= 11 is 0. The lowest BCUT2D eigenvalue weighted by molar-refractivity contribution is -0.0588. The second-order valence-electron chi connectivity index (χ2n) is 5.16. The van der Waals surface area contributed by atoms with Crippen molar-refractivity contribution in [1.29, 1.82) is 0 Å². The molecule has 0 saturated carbocycles. The fourth-order valence-electron chi connectivity index (χ4n) is 2.06. The molecular formula is C13H20N2O4S. The molecule has 1 saturated heterocycles. The first-order valence-corrected chi connectivity index (χ1v) is 8.16. The molecule has 1 fully saturated rings. The molecule has 112 valence electrons. The second kappa shape index (κ2) is 6.09. The highest BCUT2D eigenvalue weighted by Crippen LogP contribution is 2.19. The van der Waals surface area contributed by atoms with Crippen LogP contribution in [0.3, 0.4) is 0 Å². The molecule has 0 atom stereocenters. The number of benzene rings is 1. The summed E-state index contributed by atoms with van der Waals surface area (Å²) < 4.78 is 31.6. The highest BCUT2D eigenvalue weighted by Gasteiger charge is 2.31. The molecule has 1 aliphatic rings. The Labute approximate surface area is 119 Å².